The molecule has 0 amide bonds. The highest BCUT2D eigenvalue weighted by atomic mass is 32.2. The second-order valence-electron chi connectivity index (χ2n) is 5.98. The van der Waals surface area contributed by atoms with Crippen molar-refractivity contribution in [2.45, 2.75) is 56.5 Å². The average molecular weight is 316 g/mol. The lowest BCUT2D eigenvalue weighted by Gasteiger charge is -2.52. The largest absolute Gasteiger partial charge is 0.461 e. The summed E-state index contributed by atoms with van der Waals surface area (Å²) in [5.74, 6) is 3.17. The number of carbonyl (C=O) groups is 1. The monoisotopic (exact) mass is 316 g/mol. The minimum atomic E-state index is 0.0217. The van der Waals surface area contributed by atoms with Gasteiger partial charge in [-0.1, -0.05) is 12.8 Å². The van der Waals surface area contributed by atoms with Crippen LogP contribution in [0.3, 0.4) is 0 Å². The van der Waals surface area contributed by atoms with Crippen LogP contribution in [0.2, 0.25) is 0 Å². The summed E-state index contributed by atoms with van der Waals surface area (Å²) in [5.41, 5.74) is 0.151. The summed E-state index contributed by atoms with van der Waals surface area (Å²) >= 11 is 3.63. The molecule has 1 spiro atoms. The van der Waals surface area contributed by atoms with Crippen molar-refractivity contribution in [2.24, 2.45) is 5.41 Å². The summed E-state index contributed by atoms with van der Waals surface area (Å²) in [6.07, 6.45) is 6.19. The Bertz CT molecular complexity index is 349. The minimum absolute atomic E-state index is 0.0217. The Hall–Kier alpha value is 0.130. The zero-order valence-electron chi connectivity index (χ0n) is 12.1. The third-order valence-electron chi connectivity index (χ3n) is 4.95. The summed E-state index contributed by atoms with van der Waals surface area (Å²) in [7, 11) is 0. The zero-order valence-corrected chi connectivity index (χ0v) is 13.8. The summed E-state index contributed by atoms with van der Waals surface area (Å²) in [5, 5.41) is 0.0540. The summed E-state index contributed by atoms with van der Waals surface area (Å²) in [6.45, 7) is 2.82. The molecule has 0 aromatic rings. The molecule has 3 atom stereocenters. The molecule has 3 rings (SSSR count). The number of esters is 1. The van der Waals surface area contributed by atoms with Crippen LogP contribution in [0.5, 0.6) is 0 Å². The molecule has 2 aliphatic carbocycles. The Balaban J connectivity index is 1.58. The molecule has 1 saturated heterocycles. The average Bonchev–Trinajstić information content (AvgIpc) is 2.99. The van der Waals surface area contributed by atoms with E-state index in [9.17, 15) is 4.79 Å². The van der Waals surface area contributed by atoms with E-state index in [0.717, 1.165) is 30.3 Å². The van der Waals surface area contributed by atoms with E-state index in [4.69, 9.17) is 9.47 Å². The Labute approximate surface area is 129 Å². The van der Waals surface area contributed by atoms with Gasteiger partial charge in [0.25, 0.3) is 0 Å². The number of thioether (sulfide) groups is 2. The van der Waals surface area contributed by atoms with E-state index >= 15 is 0 Å². The van der Waals surface area contributed by atoms with Crippen LogP contribution in [-0.4, -0.2) is 47.3 Å². The number of carbonyl (C=O) groups excluding carboxylic acids is 1. The lowest BCUT2D eigenvalue weighted by Crippen LogP contribution is -2.59. The van der Waals surface area contributed by atoms with Crippen molar-refractivity contribution in [3.63, 3.8) is 0 Å². The zero-order chi connectivity index (χ0) is 14.0. The Morgan fingerprint density at radius 1 is 1.25 bits per heavy atom. The van der Waals surface area contributed by atoms with Crippen LogP contribution in [0.1, 0.15) is 39.0 Å². The normalized spacial score (nSPS) is 35.8. The third kappa shape index (κ3) is 2.73. The number of hydrogen-bond donors (Lipinski definition) is 0. The first-order valence-corrected chi connectivity index (χ1v) is 9.98. The molecule has 3 nitrogen and oxygen atoms in total. The van der Waals surface area contributed by atoms with Gasteiger partial charge in [-0.05, 0) is 19.8 Å². The van der Waals surface area contributed by atoms with E-state index in [1.807, 2.05) is 11.8 Å². The smallest absolute Gasteiger partial charge is 0.320 e. The minimum Gasteiger partial charge on any atom is -0.461 e. The third-order valence-corrected chi connectivity index (χ3v) is 7.68. The second kappa shape index (κ2) is 6.49. The maximum Gasteiger partial charge on any atom is 0.320 e. The molecule has 2 saturated carbocycles. The van der Waals surface area contributed by atoms with Gasteiger partial charge in [-0.15, -0.1) is 11.8 Å². The molecular weight excluding hydrogens is 292 g/mol. The van der Waals surface area contributed by atoms with Crippen molar-refractivity contribution < 1.29 is 14.3 Å². The van der Waals surface area contributed by atoms with Gasteiger partial charge >= 0.3 is 5.97 Å². The predicted octanol–water partition coefficient (Wildman–Crippen LogP) is 3.12. The van der Waals surface area contributed by atoms with Gasteiger partial charge in [-0.25, -0.2) is 0 Å². The SMILES string of the molecule is CCOC1CC(OC(=O)C2CSCCS2)C12CCCC2. The van der Waals surface area contributed by atoms with Crippen molar-refractivity contribution in [1.29, 1.82) is 0 Å². The highest BCUT2D eigenvalue weighted by Crippen LogP contribution is 2.56. The van der Waals surface area contributed by atoms with Gasteiger partial charge in [0, 0.05) is 35.7 Å². The molecule has 3 fully saturated rings. The molecular formula is C15H24O3S2. The van der Waals surface area contributed by atoms with Gasteiger partial charge in [0.2, 0.25) is 0 Å². The van der Waals surface area contributed by atoms with Crippen molar-refractivity contribution in [1.82, 2.24) is 0 Å². The first kappa shape index (κ1) is 15.0. The van der Waals surface area contributed by atoms with E-state index < -0.39 is 0 Å². The fourth-order valence-corrected chi connectivity index (χ4v) is 6.35. The van der Waals surface area contributed by atoms with Crippen molar-refractivity contribution in [2.75, 3.05) is 23.9 Å². The fraction of sp³-hybridized carbons (Fsp3) is 0.933. The van der Waals surface area contributed by atoms with Crippen molar-refractivity contribution >= 4 is 29.5 Å². The number of ether oxygens (including phenoxy) is 2. The molecule has 1 heterocycles. The van der Waals surface area contributed by atoms with Crippen molar-refractivity contribution in [3.8, 4) is 0 Å². The van der Waals surface area contributed by atoms with Crippen LogP contribution >= 0.6 is 23.5 Å². The van der Waals surface area contributed by atoms with Gasteiger partial charge < -0.3 is 9.47 Å². The maximum absolute atomic E-state index is 12.3. The van der Waals surface area contributed by atoms with Crippen LogP contribution < -0.4 is 0 Å². The van der Waals surface area contributed by atoms with Gasteiger partial charge in [0.05, 0.1) is 6.10 Å². The van der Waals surface area contributed by atoms with Gasteiger partial charge in [0.15, 0.2) is 0 Å². The van der Waals surface area contributed by atoms with E-state index in [0.29, 0.717) is 6.10 Å². The van der Waals surface area contributed by atoms with Gasteiger partial charge in [-0.2, -0.15) is 11.8 Å². The fourth-order valence-electron chi connectivity index (χ4n) is 3.83. The quantitative estimate of drug-likeness (QED) is 0.745. The van der Waals surface area contributed by atoms with Crippen LogP contribution in [0.4, 0.5) is 0 Å². The summed E-state index contributed by atoms with van der Waals surface area (Å²) in [6, 6.07) is 0. The van der Waals surface area contributed by atoms with Crippen LogP contribution in [0.15, 0.2) is 0 Å². The van der Waals surface area contributed by atoms with E-state index in [-0.39, 0.29) is 22.7 Å². The Morgan fingerprint density at radius 3 is 2.70 bits per heavy atom. The molecule has 0 aromatic heterocycles. The molecule has 0 radical (unpaired) electrons. The van der Waals surface area contributed by atoms with E-state index in [2.05, 4.69) is 6.92 Å². The number of rotatable bonds is 4. The van der Waals surface area contributed by atoms with Gasteiger partial charge in [-0.3, -0.25) is 4.79 Å². The molecule has 0 aromatic carbocycles. The lowest BCUT2D eigenvalue weighted by molar-refractivity contribution is -0.210. The van der Waals surface area contributed by atoms with Gasteiger partial charge in [0.1, 0.15) is 11.4 Å². The highest BCUT2D eigenvalue weighted by Gasteiger charge is 2.59. The topological polar surface area (TPSA) is 35.5 Å². The number of hydrogen-bond acceptors (Lipinski definition) is 5. The summed E-state index contributed by atoms with van der Waals surface area (Å²) < 4.78 is 11.8. The first-order valence-electron chi connectivity index (χ1n) is 7.78. The Kier molecular flexibility index (Phi) is 4.88. The molecule has 1 aliphatic heterocycles. The molecule has 0 N–H and O–H groups in total. The molecule has 114 valence electrons. The molecule has 20 heavy (non-hydrogen) atoms. The molecule has 0 bridgehead atoms. The van der Waals surface area contributed by atoms with Crippen LogP contribution in [0.25, 0.3) is 0 Å². The van der Waals surface area contributed by atoms with Crippen LogP contribution in [0, 0.1) is 5.41 Å². The summed E-state index contributed by atoms with van der Waals surface area (Å²) in [4.78, 5) is 12.3. The van der Waals surface area contributed by atoms with E-state index in [1.54, 1.807) is 11.8 Å². The predicted molar refractivity (Wildman–Crippen MR) is 84.4 cm³/mol. The van der Waals surface area contributed by atoms with Crippen LogP contribution in [-0.2, 0) is 14.3 Å². The lowest BCUT2D eigenvalue weighted by atomic mass is 9.62. The molecule has 3 unspecified atom stereocenters. The van der Waals surface area contributed by atoms with E-state index in [1.165, 1.54) is 25.7 Å². The molecule has 5 heteroatoms. The highest BCUT2D eigenvalue weighted by molar-refractivity contribution is 8.07. The second-order valence-corrected chi connectivity index (χ2v) is 8.44. The first-order chi connectivity index (χ1) is 9.76. The maximum atomic E-state index is 12.3. The Morgan fingerprint density at radius 2 is 2.05 bits per heavy atom. The molecule has 3 aliphatic rings. The standard InChI is InChI=1S/C15H24O3S2/c1-2-17-12-9-13(15(12)5-3-4-6-15)18-14(16)11-10-19-7-8-20-11/h11-13H,2-10H2,1H3. The van der Waals surface area contributed by atoms with Crippen molar-refractivity contribution in [3.05, 3.63) is 0 Å².